The molecule has 0 fully saturated rings. The van der Waals surface area contributed by atoms with Gasteiger partial charge in [0.25, 0.3) is 5.91 Å². The van der Waals surface area contributed by atoms with Crippen LogP contribution in [0.15, 0.2) is 36.4 Å². The van der Waals surface area contributed by atoms with Crippen LogP contribution in [0.1, 0.15) is 46.6 Å². The van der Waals surface area contributed by atoms with Gasteiger partial charge in [-0.25, -0.2) is 0 Å². The van der Waals surface area contributed by atoms with Gasteiger partial charge in [0.2, 0.25) is 5.91 Å². The second kappa shape index (κ2) is 6.74. The van der Waals surface area contributed by atoms with Gasteiger partial charge in [-0.15, -0.1) is 0 Å². The first-order valence-corrected chi connectivity index (χ1v) is 8.08. The second-order valence-electron chi connectivity index (χ2n) is 6.08. The van der Waals surface area contributed by atoms with Crippen LogP contribution >= 0.6 is 0 Å². The van der Waals surface area contributed by atoms with Crippen LogP contribution in [-0.4, -0.2) is 23.3 Å². The molecule has 0 aliphatic carbocycles. The first-order chi connectivity index (χ1) is 11.6. The number of para-hydroxylation sites is 1. The minimum Gasteiger partial charge on any atom is -0.351 e. The number of fused-ring (bicyclic) bond motifs is 1. The third-order valence-corrected chi connectivity index (χ3v) is 4.27. The molecule has 1 aromatic heterocycles. The fourth-order valence-electron chi connectivity index (χ4n) is 3.04. The standard InChI is InChI=1S/C19H21N3O2/c1-12-11-20-19(24)18-17(12)13(2)15(22-18)9-6-10-16(23)21-14-7-4-3-5-8-14/h3-9,12,22H,10-11H2,1-2H3,(H,20,24)(H,21,23)/b9-6-. The normalized spacial score (nSPS) is 16.8. The smallest absolute Gasteiger partial charge is 0.268 e. The number of carbonyl (C=O) groups excluding carboxylic acids is 2. The maximum atomic E-state index is 12.0. The molecule has 2 amide bonds. The fourth-order valence-corrected chi connectivity index (χ4v) is 3.04. The highest BCUT2D eigenvalue weighted by atomic mass is 16.2. The molecule has 0 bridgehead atoms. The van der Waals surface area contributed by atoms with Gasteiger partial charge in [0.15, 0.2) is 0 Å². The predicted octanol–water partition coefficient (Wildman–Crippen LogP) is 3.21. The molecule has 1 unspecified atom stereocenters. The van der Waals surface area contributed by atoms with Gasteiger partial charge < -0.3 is 15.6 Å². The van der Waals surface area contributed by atoms with Crippen molar-refractivity contribution in [3.05, 3.63) is 58.9 Å². The molecule has 0 saturated carbocycles. The van der Waals surface area contributed by atoms with Gasteiger partial charge in [0.1, 0.15) is 5.69 Å². The summed E-state index contributed by atoms with van der Waals surface area (Å²) in [5.41, 5.74) is 4.46. The molecule has 3 rings (SSSR count). The lowest BCUT2D eigenvalue weighted by Crippen LogP contribution is -2.33. The van der Waals surface area contributed by atoms with Crippen LogP contribution in [0.25, 0.3) is 6.08 Å². The number of nitrogens with one attached hydrogen (secondary N) is 3. The lowest BCUT2D eigenvalue weighted by Gasteiger charge is -2.19. The zero-order valence-corrected chi connectivity index (χ0v) is 13.8. The molecule has 124 valence electrons. The third kappa shape index (κ3) is 3.25. The zero-order valence-electron chi connectivity index (χ0n) is 13.8. The van der Waals surface area contributed by atoms with E-state index >= 15 is 0 Å². The Morgan fingerprint density at radius 3 is 2.79 bits per heavy atom. The van der Waals surface area contributed by atoms with Crippen LogP contribution in [0.3, 0.4) is 0 Å². The van der Waals surface area contributed by atoms with E-state index in [1.165, 1.54) is 0 Å². The van der Waals surface area contributed by atoms with E-state index in [4.69, 9.17) is 0 Å². The summed E-state index contributed by atoms with van der Waals surface area (Å²) in [5.74, 6) is 0.155. The highest BCUT2D eigenvalue weighted by Crippen LogP contribution is 2.29. The number of hydrogen-bond acceptors (Lipinski definition) is 2. The van der Waals surface area contributed by atoms with Crippen molar-refractivity contribution in [2.45, 2.75) is 26.2 Å². The van der Waals surface area contributed by atoms with Crippen molar-refractivity contribution in [2.75, 3.05) is 11.9 Å². The van der Waals surface area contributed by atoms with Gasteiger partial charge in [0, 0.05) is 30.3 Å². The summed E-state index contributed by atoms with van der Waals surface area (Å²) < 4.78 is 0. The van der Waals surface area contributed by atoms with Crippen LogP contribution in [-0.2, 0) is 4.79 Å². The van der Waals surface area contributed by atoms with E-state index in [9.17, 15) is 9.59 Å². The quantitative estimate of drug-likeness (QED) is 0.808. The molecule has 0 spiro atoms. The van der Waals surface area contributed by atoms with Crippen LogP contribution in [0.4, 0.5) is 5.69 Å². The third-order valence-electron chi connectivity index (χ3n) is 4.27. The molecular formula is C19H21N3O2. The average Bonchev–Trinajstić information content (AvgIpc) is 2.90. The Hall–Kier alpha value is -2.82. The van der Waals surface area contributed by atoms with Gasteiger partial charge in [0.05, 0.1) is 0 Å². The monoisotopic (exact) mass is 323 g/mol. The molecule has 3 N–H and O–H groups in total. The molecule has 5 heteroatoms. The second-order valence-corrected chi connectivity index (χ2v) is 6.08. The van der Waals surface area contributed by atoms with Crippen molar-refractivity contribution in [3.8, 4) is 0 Å². The Bertz CT molecular complexity index is 790. The van der Waals surface area contributed by atoms with Crippen molar-refractivity contribution < 1.29 is 9.59 Å². The Labute approximate surface area is 141 Å². The van der Waals surface area contributed by atoms with Gasteiger partial charge >= 0.3 is 0 Å². The van der Waals surface area contributed by atoms with Gasteiger partial charge in [-0.3, -0.25) is 9.59 Å². The molecule has 2 aromatic rings. The topological polar surface area (TPSA) is 74.0 Å². The molecule has 24 heavy (non-hydrogen) atoms. The fraction of sp³-hybridized carbons (Fsp3) is 0.263. The summed E-state index contributed by atoms with van der Waals surface area (Å²) in [6, 6.07) is 9.37. The zero-order chi connectivity index (χ0) is 17.1. The number of hydrogen-bond donors (Lipinski definition) is 3. The molecule has 1 aliphatic heterocycles. The van der Waals surface area contributed by atoms with Gasteiger partial charge in [-0.2, -0.15) is 0 Å². The van der Waals surface area contributed by atoms with E-state index in [-0.39, 0.29) is 24.2 Å². The highest BCUT2D eigenvalue weighted by molar-refractivity contribution is 5.96. The lowest BCUT2D eigenvalue weighted by atomic mass is 9.93. The summed E-state index contributed by atoms with van der Waals surface area (Å²) in [7, 11) is 0. The van der Waals surface area contributed by atoms with Crippen molar-refractivity contribution in [1.29, 1.82) is 0 Å². The van der Waals surface area contributed by atoms with Gasteiger partial charge in [-0.05, 0) is 36.3 Å². The van der Waals surface area contributed by atoms with E-state index in [1.54, 1.807) is 0 Å². The summed E-state index contributed by atoms with van der Waals surface area (Å²) >= 11 is 0. The molecular weight excluding hydrogens is 302 g/mol. The molecule has 1 aliphatic rings. The van der Waals surface area contributed by atoms with E-state index in [2.05, 4.69) is 22.5 Å². The number of aromatic nitrogens is 1. The maximum absolute atomic E-state index is 12.0. The minimum absolute atomic E-state index is 0.0623. The Morgan fingerprint density at radius 1 is 1.33 bits per heavy atom. The van der Waals surface area contributed by atoms with Crippen LogP contribution in [0.2, 0.25) is 0 Å². The Balaban J connectivity index is 1.68. The van der Waals surface area contributed by atoms with Gasteiger partial charge in [-0.1, -0.05) is 31.2 Å². The maximum Gasteiger partial charge on any atom is 0.268 e. The number of H-pyrrole nitrogens is 1. The molecule has 5 nitrogen and oxygen atoms in total. The number of anilines is 1. The summed E-state index contributed by atoms with van der Waals surface area (Å²) in [5, 5.41) is 5.71. The molecule has 1 atom stereocenters. The number of benzene rings is 1. The van der Waals surface area contributed by atoms with Crippen LogP contribution < -0.4 is 10.6 Å². The van der Waals surface area contributed by atoms with E-state index < -0.39 is 0 Å². The largest absolute Gasteiger partial charge is 0.351 e. The van der Waals surface area contributed by atoms with Crippen molar-refractivity contribution in [1.82, 2.24) is 10.3 Å². The first-order valence-electron chi connectivity index (χ1n) is 8.08. The number of aromatic amines is 1. The first kappa shape index (κ1) is 16.1. The van der Waals surface area contributed by atoms with E-state index in [1.807, 2.05) is 49.4 Å². The Kier molecular flexibility index (Phi) is 4.51. The number of amides is 2. The molecule has 1 aromatic carbocycles. The van der Waals surface area contributed by atoms with Crippen LogP contribution in [0.5, 0.6) is 0 Å². The minimum atomic E-state index is -0.0717. The van der Waals surface area contributed by atoms with Crippen molar-refractivity contribution in [2.24, 2.45) is 0 Å². The Morgan fingerprint density at radius 2 is 2.08 bits per heavy atom. The van der Waals surface area contributed by atoms with Crippen molar-refractivity contribution >= 4 is 23.6 Å². The van der Waals surface area contributed by atoms with E-state index in [0.29, 0.717) is 12.2 Å². The van der Waals surface area contributed by atoms with Crippen LogP contribution in [0, 0.1) is 6.92 Å². The summed E-state index contributed by atoms with van der Waals surface area (Å²) in [6.07, 6.45) is 3.96. The molecule has 2 heterocycles. The summed E-state index contributed by atoms with van der Waals surface area (Å²) in [4.78, 5) is 27.1. The highest BCUT2D eigenvalue weighted by Gasteiger charge is 2.27. The summed E-state index contributed by atoms with van der Waals surface area (Å²) in [6.45, 7) is 4.77. The SMILES string of the molecule is Cc1c(/C=C\CC(=O)Nc2ccccc2)[nH]c2c1C(C)CNC2=O. The van der Waals surface area contributed by atoms with E-state index in [0.717, 1.165) is 22.5 Å². The molecule has 0 saturated heterocycles. The molecule has 0 radical (unpaired) electrons. The number of rotatable bonds is 4. The number of carbonyl (C=O) groups is 2. The van der Waals surface area contributed by atoms with Crippen molar-refractivity contribution in [3.63, 3.8) is 0 Å². The lowest BCUT2D eigenvalue weighted by molar-refractivity contribution is -0.115. The average molecular weight is 323 g/mol. The predicted molar refractivity (Wildman–Crippen MR) is 95.0 cm³/mol.